The second kappa shape index (κ2) is 9.27. The minimum atomic E-state index is -0.228. The van der Waals surface area contributed by atoms with Gasteiger partial charge in [0.1, 0.15) is 11.6 Å². The van der Waals surface area contributed by atoms with Crippen LogP contribution in [0.25, 0.3) is 21.5 Å². The lowest BCUT2D eigenvalue weighted by atomic mass is 10.2. The number of hydrogen-bond acceptors (Lipinski definition) is 10. The van der Waals surface area contributed by atoms with Crippen molar-refractivity contribution in [1.82, 2.24) is 30.0 Å². The van der Waals surface area contributed by atoms with Gasteiger partial charge in [-0.3, -0.25) is 9.78 Å². The average molecular weight is 476 g/mol. The molecule has 0 saturated carbocycles. The maximum absolute atomic E-state index is 12.9. The molecule has 1 fully saturated rings. The molecule has 1 aliphatic heterocycles. The molecule has 0 unspecified atom stereocenters. The van der Waals surface area contributed by atoms with Gasteiger partial charge in [0.25, 0.3) is 5.91 Å². The van der Waals surface area contributed by atoms with Crippen LogP contribution in [0, 0.1) is 0 Å². The Balaban J connectivity index is 1.35. The molecule has 0 atom stereocenters. The zero-order valence-electron chi connectivity index (χ0n) is 19.3. The number of carbonyl (C=O) groups excluding carboxylic acids is 1. The molecule has 0 aliphatic carbocycles. The van der Waals surface area contributed by atoms with Crippen LogP contribution in [0.4, 0.5) is 16.8 Å². The predicted octanol–water partition coefficient (Wildman–Crippen LogP) is 2.61. The first-order valence-corrected chi connectivity index (χ1v) is 11.8. The highest BCUT2D eigenvalue weighted by molar-refractivity contribution is 7.18. The Bertz CT molecular complexity index is 1330. The molecule has 10 nitrogen and oxygen atoms in total. The fourth-order valence-corrected chi connectivity index (χ4v) is 4.43. The minimum Gasteiger partial charge on any atom is -0.354 e. The Morgan fingerprint density at radius 3 is 2.62 bits per heavy atom. The highest BCUT2D eigenvalue weighted by Crippen LogP contribution is 2.29. The van der Waals surface area contributed by atoms with E-state index >= 15 is 0 Å². The molecule has 0 spiro atoms. The van der Waals surface area contributed by atoms with Crippen LogP contribution >= 0.6 is 11.3 Å². The number of pyridine rings is 3. The summed E-state index contributed by atoms with van der Waals surface area (Å²) in [6.07, 6.45) is 5.10. The normalized spacial score (nSPS) is 14.4. The largest absolute Gasteiger partial charge is 0.354 e. The Morgan fingerprint density at radius 2 is 1.85 bits per heavy atom. The van der Waals surface area contributed by atoms with Gasteiger partial charge in [0, 0.05) is 69.2 Å². The fraction of sp³-hybridized carbons (Fsp3) is 0.304. The van der Waals surface area contributed by atoms with Gasteiger partial charge in [-0.2, -0.15) is 0 Å². The number of nitrogens with one attached hydrogen (secondary N) is 1. The van der Waals surface area contributed by atoms with Crippen LogP contribution in [-0.2, 0) is 0 Å². The van der Waals surface area contributed by atoms with E-state index in [4.69, 9.17) is 0 Å². The minimum absolute atomic E-state index is 0.228. The molecule has 1 saturated heterocycles. The molecule has 11 heteroatoms. The zero-order chi connectivity index (χ0) is 23.7. The first-order valence-electron chi connectivity index (χ1n) is 10.9. The number of fused-ring (bicyclic) bond motifs is 1. The van der Waals surface area contributed by atoms with Crippen LogP contribution in [0.2, 0.25) is 0 Å². The first-order chi connectivity index (χ1) is 16.5. The smallest absolute Gasteiger partial charge is 0.257 e. The molecule has 0 bridgehead atoms. The molecule has 5 heterocycles. The van der Waals surface area contributed by atoms with Gasteiger partial charge in [-0.1, -0.05) is 11.3 Å². The number of amides is 1. The van der Waals surface area contributed by atoms with E-state index in [1.807, 2.05) is 37.2 Å². The lowest BCUT2D eigenvalue weighted by Gasteiger charge is -2.33. The Morgan fingerprint density at radius 1 is 1.03 bits per heavy atom. The zero-order valence-corrected chi connectivity index (χ0v) is 20.1. The Hall–Kier alpha value is -3.70. The van der Waals surface area contributed by atoms with Gasteiger partial charge in [-0.15, -0.1) is 10.2 Å². The van der Waals surface area contributed by atoms with Crippen LogP contribution in [-0.4, -0.2) is 83.3 Å². The number of piperazine rings is 1. The Labute approximate surface area is 201 Å². The molecule has 0 radical (unpaired) electrons. The number of rotatable bonds is 5. The van der Waals surface area contributed by atoms with Crippen LogP contribution in [0.15, 0.2) is 42.9 Å². The van der Waals surface area contributed by atoms with E-state index in [2.05, 4.69) is 47.3 Å². The molecule has 0 aromatic carbocycles. The van der Waals surface area contributed by atoms with E-state index in [0.717, 1.165) is 58.6 Å². The second-order valence-electron chi connectivity index (χ2n) is 8.42. The van der Waals surface area contributed by atoms with E-state index in [1.54, 1.807) is 24.7 Å². The van der Waals surface area contributed by atoms with Gasteiger partial charge in [0.15, 0.2) is 5.01 Å². The van der Waals surface area contributed by atoms with Gasteiger partial charge in [-0.25, -0.2) is 9.97 Å². The van der Waals surface area contributed by atoms with Crippen molar-refractivity contribution in [3.63, 3.8) is 0 Å². The van der Waals surface area contributed by atoms with Gasteiger partial charge in [0.05, 0.1) is 11.7 Å². The molecule has 4 aromatic heterocycles. The van der Waals surface area contributed by atoms with Crippen molar-refractivity contribution >= 4 is 44.9 Å². The highest BCUT2D eigenvalue weighted by atomic mass is 32.1. The number of carbonyl (C=O) groups is 1. The van der Waals surface area contributed by atoms with E-state index in [-0.39, 0.29) is 5.91 Å². The maximum Gasteiger partial charge on any atom is 0.257 e. The second-order valence-corrected chi connectivity index (χ2v) is 9.37. The van der Waals surface area contributed by atoms with E-state index in [0.29, 0.717) is 11.4 Å². The summed E-state index contributed by atoms with van der Waals surface area (Å²) in [4.78, 5) is 32.7. The molecule has 4 aromatic rings. The van der Waals surface area contributed by atoms with Crippen LogP contribution in [0.3, 0.4) is 0 Å². The molecule has 174 valence electrons. The third-order valence-corrected chi connectivity index (χ3v) is 6.83. The lowest BCUT2D eigenvalue weighted by molar-refractivity contribution is 0.102. The lowest BCUT2D eigenvalue weighted by Crippen LogP contribution is -2.44. The number of anilines is 3. The van der Waals surface area contributed by atoms with E-state index < -0.39 is 0 Å². The fourth-order valence-electron chi connectivity index (χ4n) is 3.69. The van der Waals surface area contributed by atoms with Gasteiger partial charge < -0.3 is 20.0 Å². The number of hydrogen-bond donors (Lipinski definition) is 1. The van der Waals surface area contributed by atoms with Crippen molar-refractivity contribution in [3.8, 4) is 10.6 Å². The third-order valence-electron chi connectivity index (χ3n) is 5.69. The van der Waals surface area contributed by atoms with Crippen molar-refractivity contribution in [2.45, 2.75) is 0 Å². The molecule has 1 aliphatic rings. The van der Waals surface area contributed by atoms with Crippen LogP contribution in [0.5, 0.6) is 0 Å². The van der Waals surface area contributed by atoms with Crippen molar-refractivity contribution < 1.29 is 4.79 Å². The quantitative estimate of drug-likeness (QED) is 0.466. The summed E-state index contributed by atoms with van der Waals surface area (Å²) in [6, 6.07) is 7.35. The molecular weight excluding hydrogens is 450 g/mol. The van der Waals surface area contributed by atoms with Crippen molar-refractivity contribution in [2.75, 3.05) is 62.4 Å². The predicted molar refractivity (Wildman–Crippen MR) is 135 cm³/mol. The van der Waals surface area contributed by atoms with Crippen molar-refractivity contribution in [3.05, 3.63) is 48.4 Å². The SMILES string of the molecule is CN1CCN(c2cc(C(=O)Nc3cc4cc(-c5nnc(N(C)C)s5)cnc4cn3)ccn2)CC1. The summed E-state index contributed by atoms with van der Waals surface area (Å²) < 4.78 is 0. The topological polar surface area (TPSA) is 103 Å². The highest BCUT2D eigenvalue weighted by Gasteiger charge is 2.17. The van der Waals surface area contributed by atoms with Crippen LogP contribution < -0.4 is 15.1 Å². The van der Waals surface area contributed by atoms with Gasteiger partial charge in [-0.05, 0) is 31.3 Å². The van der Waals surface area contributed by atoms with Crippen molar-refractivity contribution in [2.24, 2.45) is 0 Å². The summed E-state index contributed by atoms with van der Waals surface area (Å²) >= 11 is 1.49. The summed E-state index contributed by atoms with van der Waals surface area (Å²) in [5, 5.41) is 13.8. The van der Waals surface area contributed by atoms with Gasteiger partial charge in [0.2, 0.25) is 5.13 Å². The molecule has 34 heavy (non-hydrogen) atoms. The number of nitrogens with zero attached hydrogens (tertiary/aromatic N) is 8. The molecule has 5 rings (SSSR count). The third kappa shape index (κ3) is 4.66. The summed E-state index contributed by atoms with van der Waals surface area (Å²) in [5.41, 5.74) is 2.15. The number of likely N-dealkylation sites (N-methyl/N-ethyl adjacent to an activating group) is 1. The summed E-state index contributed by atoms with van der Waals surface area (Å²) in [7, 11) is 5.97. The van der Waals surface area contributed by atoms with Crippen molar-refractivity contribution in [1.29, 1.82) is 0 Å². The summed E-state index contributed by atoms with van der Waals surface area (Å²) in [6.45, 7) is 3.73. The maximum atomic E-state index is 12.9. The molecule has 1 amide bonds. The standard InChI is InChI=1S/C23H25N9OS/c1-30(2)23-29-28-22(34-23)17-10-16-11-19(26-14-18(16)25-13-17)27-21(33)15-4-5-24-20(12-15)32-8-6-31(3)7-9-32/h4-5,10-14H,6-9H2,1-3H3,(H,26,27,33). The van der Waals surface area contributed by atoms with Gasteiger partial charge >= 0.3 is 0 Å². The van der Waals surface area contributed by atoms with E-state index in [9.17, 15) is 4.79 Å². The van der Waals surface area contributed by atoms with Crippen LogP contribution in [0.1, 0.15) is 10.4 Å². The molecule has 1 N–H and O–H groups in total. The van der Waals surface area contributed by atoms with E-state index in [1.165, 1.54) is 11.3 Å². The average Bonchev–Trinajstić information content (AvgIpc) is 3.35. The molecular formula is C23H25N9OS. The monoisotopic (exact) mass is 475 g/mol. The first kappa shape index (κ1) is 22.1. The summed E-state index contributed by atoms with van der Waals surface area (Å²) in [5.74, 6) is 1.05. The Kier molecular flexibility index (Phi) is 6.03. The number of aromatic nitrogens is 5.